The van der Waals surface area contributed by atoms with E-state index in [0.29, 0.717) is 0 Å². The summed E-state index contributed by atoms with van der Waals surface area (Å²) in [4.78, 5) is 13.4. The lowest BCUT2D eigenvalue weighted by Crippen LogP contribution is -1.88. The molecule has 1 heterocycles. The minimum Gasteiger partial charge on any atom is -0.367 e. The third kappa shape index (κ3) is 1.34. The fourth-order valence-electron chi connectivity index (χ4n) is 1.33. The van der Waals surface area contributed by atoms with Crippen molar-refractivity contribution in [1.82, 2.24) is 4.98 Å². The first kappa shape index (κ1) is 6.65. The molecule has 0 aromatic carbocycles. The van der Waals surface area contributed by atoms with Gasteiger partial charge in [-0.2, -0.15) is 0 Å². The number of nitrogens with one attached hydrogen (secondary N) is 1. The van der Waals surface area contributed by atoms with Gasteiger partial charge in [-0.15, -0.1) is 0 Å². The fourth-order valence-corrected chi connectivity index (χ4v) is 1.33. The Morgan fingerprint density at radius 2 is 2.36 bits per heavy atom. The van der Waals surface area contributed by atoms with E-state index in [4.69, 9.17) is 0 Å². The van der Waals surface area contributed by atoms with E-state index in [2.05, 4.69) is 4.98 Å². The monoisotopic (exact) mass is 149 g/mol. The summed E-state index contributed by atoms with van der Waals surface area (Å²) in [6, 6.07) is 0. The molecule has 11 heavy (non-hydrogen) atoms. The molecule has 1 aliphatic carbocycles. The van der Waals surface area contributed by atoms with E-state index in [9.17, 15) is 4.79 Å². The standard InChI is InChI=1S/C9H11NO/c11-6-9-5-10-4-8(9)3-7-1-2-7/h4-7,10H,1-3H2. The molecule has 2 heteroatoms. The Balaban J connectivity index is 2.13. The molecular weight excluding hydrogens is 138 g/mol. The van der Waals surface area contributed by atoms with Crippen LogP contribution in [0, 0.1) is 5.92 Å². The van der Waals surface area contributed by atoms with Crippen molar-refractivity contribution in [1.29, 1.82) is 0 Å². The van der Waals surface area contributed by atoms with Crippen molar-refractivity contribution >= 4 is 6.29 Å². The van der Waals surface area contributed by atoms with Crippen LogP contribution in [0.5, 0.6) is 0 Å². The Kier molecular flexibility index (Phi) is 1.53. The smallest absolute Gasteiger partial charge is 0.151 e. The number of rotatable bonds is 3. The van der Waals surface area contributed by atoms with E-state index in [1.54, 1.807) is 6.20 Å². The molecule has 0 spiro atoms. The maximum absolute atomic E-state index is 10.5. The zero-order valence-corrected chi connectivity index (χ0v) is 6.34. The maximum Gasteiger partial charge on any atom is 0.151 e. The maximum atomic E-state index is 10.5. The van der Waals surface area contributed by atoms with Crippen LogP contribution in [-0.4, -0.2) is 11.3 Å². The minimum absolute atomic E-state index is 0.830. The summed E-state index contributed by atoms with van der Waals surface area (Å²) in [6.07, 6.45) is 8.38. The molecule has 0 saturated heterocycles. The van der Waals surface area contributed by atoms with Crippen LogP contribution in [0.1, 0.15) is 28.8 Å². The average Bonchev–Trinajstić information content (AvgIpc) is 2.68. The second kappa shape index (κ2) is 2.53. The lowest BCUT2D eigenvalue weighted by molar-refractivity contribution is 0.112. The highest BCUT2D eigenvalue weighted by atomic mass is 16.1. The molecule has 0 bridgehead atoms. The normalized spacial score (nSPS) is 16.7. The number of H-pyrrole nitrogens is 1. The summed E-state index contributed by atoms with van der Waals surface area (Å²) < 4.78 is 0. The van der Waals surface area contributed by atoms with E-state index in [-0.39, 0.29) is 0 Å². The molecule has 1 aromatic rings. The van der Waals surface area contributed by atoms with Gasteiger partial charge in [0.05, 0.1) is 0 Å². The first-order valence-corrected chi connectivity index (χ1v) is 4.01. The van der Waals surface area contributed by atoms with Gasteiger partial charge in [0.15, 0.2) is 6.29 Å². The van der Waals surface area contributed by atoms with Crippen LogP contribution in [0.15, 0.2) is 12.4 Å². The van der Waals surface area contributed by atoms with Crippen molar-refractivity contribution in [2.75, 3.05) is 0 Å². The number of aldehydes is 1. The van der Waals surface area contributed by atoms with Gasteiger partial charge in [-0.1, -0.05) is 0 Å². The van der Waals surface area contributed by atoms with Crippen LogP contribution in [0.4, 0.5) is 0 Å². The van der Waals surface area contributed by atoms with Crippen LogP contribution < -0.4 is 0 Å². The van der Waals surface area contributed by atoms with Crippen LogP contribution in [0.3, 0.4) is 0 Å². The SMILES string of the molecule is O=Cc1c[nH]cc1CC1CC1. The van der Waals surface area contributed by atoms with Crippen molar-refractivity contribution in [3.8, 4) is 0 Å². The van der Waals surface area contributed by atoms with Crippen LogP contribution in [-0.2, 0) is 6.42 Å². The molecule has 0 aliphatic heterocycles. The quantitative estimate of drug-likeness (QED) is 0.653. The predicted molar refractivity (Wildman–Crippen MR) is 42.6 cm³/mol. The van der Waals surface area contributed by atoms with Crippen LogP contribution in [0.25, 0.3) is 0 Å². The van der Waals surface area contributed by atoms with Crippen LogP contribution in [0.2, 0.25) is 0 Å². The van der Waals surface area contributed by atoms with Crippen molar-refractivity contribution in [2.45, 2.75) is 19.3 Å². The molecule has 58 valence electrons. The van der Waals surface area contributed by atoms with E-state index in [1.165, 1.54) is 18.4 Å². The Labute approximate surface area is 65.6 Å². The summed E-state index contributed by atoms with van der Waals surface area (Å²) in [5.74, 6) is 0.851. The molecular formula is C9H11NO. The van der Waals surface area contributed by atoms with E-state index < -0.39 is 0 Å². The van der Waals surface area contributed by atoms with Gasteiger partial charge < -0.3 is 4.98 Å². The van der Waals surface area contributed by atoms with Crippen molar-refractivity contribution in [3.05, 3.63) is 23.5 Å². The lowest BCUT2D eigenvalue weighted by atomic mass is 10.1. The van der Waals surface area contributed by atoms with Crippen molar-refractivity contribution in [2.24, 2.45) is 5.92 Å². The van der Waals surface area contributed by atoms with Gasteiger partial charge in [-0.05, 0) is 30.7 Å². The molecule has 2 rings (SSSR count). The first-order valence-electron chi connectivity index (χ1n) is 4.01. The number of carbonyl (C=O) groups excluding carboxylic acids is 1. The van der Waals surface area contributed by atoms with E-state index in [0.717, 1.165) is 24.2 Å². The number of hydrogen-bond acceptors (Lipinski definition) is 1. The van der Waals surface area contributed by atoms with Crippen molar-refractivity contribution < 1.29 is 4.79 Å². The number of aromatic nitrogens is 1. The molecule has 2 nitrogen and oxygen atoms in total. The number of hydrogen-bond donors (Lipinski definition) is 1. The molecule has 1 aromatic heterocycles. The average molecular weight is 149 g/mol. The minimum atomic E-state index is 0.830. The molecule has 1 aliphatic rings. The fraction of sp³-hybridized carbons (Fsp3) is 0.444. The predicted octanol–water partition coefficient (Wildman–Crippen LogP) is 1.78. The molecule has 1 saturated carbocycles. The highest BCUT2D eigenvalue weighted by molar-refractivity contribution is 5.76. The van der Waals surface area contributed by atoms with Gasteiger partial charge in [0.25, 0.3) is 0 Å². The third-order valence-electron chi connectivity index (χ3n) is 2.20. The molecule has 1 N–H and O–H groups in total. The Hall–Kier alpha value is -1.05. The third-order valence-corrected chi connectivity index (χ3v) is 2.20. The zero-order valence-electron chi connectivity index (χ0n) is 6.34. The summed E-state index contributed by atoms with van der Waals surface area (Å²) in [5.41, 5.74) is 2.01. The number of carbonyl (C=O) groups is 1. The summed E-state index contributed by atoms with van der Waals surface area (Å²) in [6.45, 7) is 0. The largest absolute Gasteiger partial charge is 0.367 e. The number of aromatic amines is 1. The van der Waals surface area contributed by atoms with E-state index in [1.807, 2.05) is 6.20 Å². The molecule has 1 fully saturated rings. The van der Waals surface area contributed by atoms with E-state index >= 15 is 0 Å². The summed E-state index contributed by atoms with van der Waals surface area (Å²) in [7, 11) is 0. The van der Waals surface area contributed by atoms with Crippen LogP contribution >= 0.6 is 0 Å². The molecule has 0 radical (unpaired) electrons. The highest BCUT2D eigenvalue weighted by Crippen LogP contribution is 2.33. The van der Waals surface area contributed by atoms with Gasteiger partial charge in [0.2, 0.25) is 0 Å². The highest BCUT2D eigenvalue weighted by Gasteiger charge is 2.22. The topological polar surface area (TPSA) is 32.9 Å². The summed E-state index contributed by atoms with van der Waals surface area (Å²) in [5, 5.41) is 0. The van der Waals surface area contributed by atoms with Gasteiger partial charge in [0, 0.05) is 18.0 Å². The first-order chi connectivity index (χ1) is 5.40. The van der Waals surface area contributed by atoms with Gasteiger partial charge >= 0.3 is 0 Å². The second-order valence-electron chi connectivity index (χ2n) is 3.20. The van der Waals surface area contributed by atoms with Gasteiger partial charge in [0.1, 0.15) is 0 Å². The van der Waals surface area contributed by atoms with Crippen molar-refractivity contribution in [3.63, 3.8) is 0 Å². The molecule has 0 amide bonds. The summed E-state index contributed by atoms with van der Waals surface area (Å²) >= 11 is 0. The lowest BCUT2D eigenvalue weighted by Gasteiger charge is -1.93. The van der Waals surface area contributed by atoms with Gasteiger partial charge in [-0.3, -0.25) is 4.79 Å². The molecule has 0 unspecified atom stereocenters. The zero-order chi connectivity index (χ0) is 7.68. The van der Waals surface area contributed by atoms with Gasteiger partial charge in [-0.25, -0.2) is 0 Å². The Bertz CT molecular complexity index is 260. The Morgan fingerprint density at radius 1 is 1.55 bits per heavy atom. The Morgan fingerprint density at radius 3 is 3.00 bits per heavy atom. The second-order valence-corrected chi connectivity index (χ2v) is 3.20. The molecule has 0 atom stereocenters.